The number of hydrogen-bond acceptors (Lipinski definition) is 6. The fourth-order valence-electron chi connectivity index (χ4n) is 2.75. The van der Waals surface area contributed by atoms with Gasteiger partial charge in [0.1, 0.15) is 6.10 Å². The molecule has 0 spiro atoms. The lowest BCUT2D eigenvalue weighted by molar-refractivity contribution is -0.166. The summed E-state index contributed by atoms with van der Waals surface area (Å²) in [5, 5.41) is 0. The Hall–Kier alpha value is -0.860. The molecule has 0 amide bonds. The Bertz CT molecular complexity index is 668. The van der Waals surface area contributed by atoms with Crippen LogP contribution in [0.2, 0.25) is 0 Å². The average molecular weight is 467 g/mol. The molecule has 1 aromatic rings. The van der Waals surface area contributed by atoms with Gasteiger partial charge in [0.2, 0.25) is 0 Å². The van der Waals surface area contributed by atoms with E-state index in [9.17, 15) is 4.79 Å². The number of allylic oxidation sites excluding steroid dienone is 1. The van der Waals surface area contributed by atoms with Gasteiger partial charge in [0.15, 0.2) is 0 Å². The molecule has 29 heavy (non-hydrogen) atoms. The number of carbonyl (C=O) groups excluding carboxylic acids is 1. The first-order valence-corrected chi connectivity index (χ1v) is 10.5. The molecule has 0 bridgehead atoms. The van der Waals surface area contributed by atoms with Gasteiger partial charge in [-0.05, 0) is 18.9 Å². The van der Waals surface area contributed by atoms with Crippen molar-refractivity contribution in [2.24, 2.45) is 5.73 Å². The van der Waals surface area contributed by atoms with Gasteiger partial charge in [0, 0.05) is 19.4 Å². The second-order valence-electron chi connectivity index (χ2n) is 6.50. The SMILES string of the molecule is CCOC(=O)CC/C=C/[C@@H]1OC(N)(C(Cl)(Cl)Cl)O[C@H]1CCOCc1ccccc1. The molecule has 3 atom stereocenters. The van der Waals surface area contributed by atoms with Gasteiger partial charge in [0.25, 0.3) is 9.70 Å². The standard InChI is InChI=1S/C20H26Cl3NO5/c1-2-27-18(25)11-7-6-10-16-17(29-20(24,28-16)19(21,22)23)12-13-26-14-15-8-4-3-5-9-15/h3-6,8-10,16-17H,2,7,11-14,24H2,1H3/b10-6+/t16-,17-,20?/m0/s1. The van der Waals surface area contributed by atoms with E-state index >= 15 is 0 Å². The van der Waals surface area contributed by atoms with Crippen molar-refractivity contribution in [3.63, 3.8) is 0 Å². The first kappa shape index (κ1) is 24.4. The largest absolute Gasteiger partial charge is 0.466 e. The maximum absolute atomic E-state index is 11.4. The van der Waals surface area contributed by atoms with Gasteiger partial charge in [-0.2, -0.15) is 0 Å². The second kappa shape index (κ2) is 11.5. The zero-order valence-corrected chi connectivity index (χ0v) is 18.5. The zero-order chi connectivity index (χ0) is 21.3. The number of halogens is 3. The van der Waals surface area contributed by atoms with Crippen LogP contribution in [0.1, 0.15) is 31.7 Å². The van der Waals surface area contributed by atoms with Gasteiger partial charge in [-0.3, -0.25) is 10.5 Å². The van der Waals surface area contributed by atoms with Crippen molar-refractivity contribution < 1.29 is 23.7 Å². The summed E-state index contributed by atoms with van der Waals surface area (Å²) in [4.78, 5) is 11.4. The highest BCUT2D eigenvalue weighted by Crippen LogP contribution is 2.44. The predicted octanol–water partition coefficient (Wildman–Crippen LogP) is 4.26. The Morgan fingerprint density at radius 2 is 2.00 bits per heavy atom. The Morgan fingerprint density at radius 1 is 1.28 bits per heavy atom. The molecule has 0 saturated carbocycles. The van der Waals surface area contributed by atoms with Crippen LogP contribution in [0.3, 0.4) is 0 Å². The fraction of sp³-hybridized carbons (Fsp3) is 0.550. The van der Waals surface area contributed by atoms with Gasteiger partial charge < -0.3 is 18.9 Å². The van der Waals surface area contributed by atoms with E-state index in [-0.39, 0.29) is 12.4 Å². The van der Waals surface area contributed by atoms with Gasteiger partial charge in [-0.1, -0.05) is 77.3 Å². The summed E-state index contributed by atoms with van der Waals surface area (Å²) in [6.45, 7) is 3.00. The molecule has 1 heterocycles. The lowest BCUT2D eigenvalue weighted by Gasteiger charge is -2.29. The average Bonchev–Trinajstić information content (AvgIpc) is 3.00. The Morgan fingerprint density at radius 3 is 2.66 bits per heavy atom. The number of rotatable bonds is 10. The normalized spacial score (nSPS) is 24.9. The Balaban J connectivity index is 1.89. The monoisotopic (exact) mass is 465 g/mol. The van der Waals surface area contributed by atoms with Crippen molar-refractivity contribution in [1.29, 1.82) is 0 Å². The molecular formula is C20H26Cl3NO5. The number of esters is 1. The van der Waals surface area contributed by atoms with E-state index in [1.807, 2.05) is 30.3 Å². The van der Waals surface area contributed by atoms with Crippen molar-refractivity contribution >= 4 is 40.8 Å². The van der Waals surface area contributed by atoms with Gasteiger partial charge in [-0.15, -0.1) is 0 Å². The molecule has 0 aliphatic carbocycles. The maximum atomic E-state index is 11.4. The minimum absolute atomic E-state index is 0.263. The van der Waals surface area contributed by atoms with Gasteiger partial charge in [-0.25, -0.2) is 0 Å². The highest BCUT2D eigenvalue weighted by molar-refractivity contribution is 6.68. The van der Waals surface area contributed by atoms with E-state index in [1.54, 1.807) is 19.1 Å². The number of alkyl halides is 3. The summed E-state index contributed by atoms with van der Waals surface area (Å²) in [6.07, 6.45) is 3.78. The van der Waals surface area contributed by atoms with Crippen LogP contribution in [-0.4, -0.2) is 41.1 Å². The Kier molecular flexibility index (Phi) is 9.69. The van der Waals surface area contributed by atoms with Gasteiger partial charge >= 0.3 is 5.97 Å². The van der Waals surface area contributed by atoms with Crippen molar-refractivity contribution in [3.8, 4) is 0 Å². The molecule has 1 unspecified atom stereocenters. The summed E-state index contributed by atoms with van der Waals surface area (Å²) >= 11 is 17.8. The molecule has 1 fully saturated rings. The van der Waals surface area contributed by atoms with Crippen LogP contribution >= 0.6 is 34.8 Å². The molecule has 1 aliphatic heterocycles. The van der Waals surface area contributed by atoms with E-state index in [1.165, 1.54) is 0 Å². The van der Waals surface area contributed by atoms with Crippen molar-refractivity contribution in [2.45, 2.75) is 54.7 Å². The minimum atomic E-state index is -1.97. The van der Waals surface area contributed by atoms with Crippen LogP contribution < -0.4 is 5.73 Å². The third kappa shape index (κ3) is 7.72. The van der Waals surface area contributed by atoms with E-state index in [0.29, 0.717) is 32.7 Å². The summed E-state index contributed by atoms with van der Waals surface area (Å²) in [5.74, 6) is -2.14. The molecule has 162 valence electrons. The van der Waals surface area contributed by atoms with Crippen LogP contribution in [0.5, 0.6) is 0 Å². The number of nitrogens with two attached hydrogens (primary N) is 1. The predicted molar refractivity (Wildman–Crippen MR) is 113 cm³/mol. The molecule has 0 aromatic heterocycles. The molecule has 9 heteroatoms. The van der Waals surface area contributed by atoms with Crippen LogP contribution in [-0.2, 0) is 30.3 Å². The molecule has 2 N–H and O–H groups in total. The quantitative estimate of drug-likeness (QED) is 0.240. The molecule has 6 nitrogen and oxygen atoms in total. The zero-order valence-electron chi connectivity index (χ0n) is 16.2. The van der Waals surface area contributed by atoms with E-state index in [2.05, 4.69) is 0 Å². The number of carbonyl (C=O) groups is 1. The van der Waals surface area contributed by atoms with Gasteiger partial charge in [0.05, 0.1) is 19.3 Å². The van der Waals surface area contributed by atoms with E-state index in [4.69, 9.17) is 59.5 Å². The van der Waals surface area contributed by atoms with Crippen LogP contribution in [0.25, 0.3) is 0 Å². The molecule has 1 aromatic carbocycles. The van der Waals surface area contributed by atoms with E-state index < -0.39 is 21.9 Å². The molecule has 2 rings (SSSR count). The number of ether oxygens (including phenoxy) is 4. The molecule has 1 saturated heterocycles. The summed E-state index contributed by atoms with van der Waals surface area (Å²) in [6, 6.07) is 9.82. The topological polar surface area (TPSA) is 80.0 Å². The summed E-state index contributed by atoms with van der Waals surface area (Å²) in [5.41, 5.74) is 7.09. The molecule has 0 radical (unpaired) electrons. The van der Waals surface area contributed by atoms with Crippen molar-refractivity contribution in [2.75, 3.05) is 13.2 Å². The van der Waals surface area contributed by atoms with Crippen LogP contribution in [0.4, 0.5) is 0 Å². The number of benzene rings is 1. The fourth-order valence-corrected chi connectivity index (χ4v) is 3.01. The van der Waals surface area contributed by atoms with Crippen LogP contribution in [0, 0.1) is 0 Å². The van der Waals surface area contributed by atoms with Crippen molar-refractivity contribution in [3.05, 3.63) is 48.0 Å². The number of hydrogen-bond donors (Lipinski definition) is 1. The maximum Gasteiger partial charge on any atom is 0.306 e. The highest BCUT2D eigenvalue weighted by Gasteiger charge is 2.56. The van der Waals surface area contributed by atoms with Crippen LogP contribution in [0.15, 0.2) is 42.5 Å². The summed E-state index contributed by atoms with van der Waals surface area (Å²) in [7, 11) is 0. The lowest BCUT2D eigenvalue weighted by Crippen LogP contribution is -2.53. The summed E-state index contributed by atoms with van der Waals surface area (Å²) < 4.78 is 20.1. The third-order valence-corrected chi connectivity index (χ3v) is 4.99. The second-order valence-corrected chi connectivity index (χ2v) is 8.78. The lowest BCUT2D eigenvalue weighted by atomic mass is 10.1. The minimum Gasteiger partial charge on any atom is -0.466 e. The Labute approximate surface area is 186 Å². The third-order valence-electron chi connectivity index (χ3n) is 4.20. The highest BCUT2D eigenvalue weighted by atomic mass is 35.6. The smallest absolute Gasteiger partial charge is 0.306 e. The molecule has 1 aliphatic rings. The first-order chi connectivity index (χ1) is 13.7. The molecular weight excluding hydrogens is 441 g/mol. The van der Waals surface area contributed by atoms with E-state index in [0.717, 1.165) is 5.56 Å². The van der Waals surface area contributed by atoms with Crippen molar-refractivity contribution in [1.82, 2.24) is 0 Å². The first-order valence-electron chi connectivity index (χ1n) is 9.40.